The Bertz CT molecular complexity index is 765. The van der Waals surface area contributed by atoms with Gasteiger partial charge in [-0.2, -0.15) is 4.98 Å². The van der Waals surface area contributed by atoms with E-state index in [0.29, 0.717) is 16.8 Å². The summed E-state index contributed by atoms with van der Waals surface area (Å²) in [4.78, 5) is 16.8. The van der Waals surface area contributed by atoms with Gasteiger partial charge in [-0.25, -0.2) is 8.42 Å². The first-order valence-electron chi connectivity index (χ1n) is 6.38. The highest BCUT2D eigenvalue weighted by Gasteiger charge is 2.22. The molecule has 0 radical (unpaired) electrons. The molecule has 1 aromatic carbocycles. The summed E-state index contributed by atoms with van der Waals surface area (Å²) in [5.41, 5.74) is 6.86. The molecule has 1 heterocycles. The monoisotopic (exact) mass is 311 g/mol. The molecule has 0 aliphatic carbocycles. The van der Waals surface area contributed by atoms with Crippen molar-refractivity contribution in [1.82, 2.24) is 9.88 Å². The predicted molar refractivity (Wildman–Crippen MR) is 78.4 cm³/mol. The van der Waals surface area contributed by atoms with Crippen molar-refractivity contribution in [3.63, 3.8) is 0 Å². The zero-order valence-electron chi connectivity index (χ0n) is 11.9. The molecule has 0 aliphatic heterocycles. The van der Waals surface area contributed by atoms with Crippen LogP contribution in [0.5, 0.6) is 0 Å². The Labute approximate surface area is 122 Å². The van der Waals surface area contributed by atoms with Crippen LogP contribution in [0.25, 0.3) is 11.1 Å². The molecule has 0 atom stereocenters. The minimum Gasteiger partial charge on any atom is -0.428 e. The number of anilines is 1. The van der Waals surface area contributed by atoms with Gasteiger partial charge < -0.3 is 15.1 Å². The summed E-state index contributed by atoms with van der Waals surface area (Å²) in [6.07, 6.45) is 0.389. The molecule has 0 fully saturated rings. The Hall–Kier alpha value is -2.09. The second kappa shape index (κ2) is 5.72. The molecule has 2 aromatic rings. The fraction of sp³-hybridized carbons (Fsp3) is 0.385. The van der Waals surface area contributed by atoms with Gasteiger partial charge in [-0.1, -0.05) is 0 Å². The average Bonchev–Trinajstić information content (AvgIpc) is 2.82. The lowest BCUT2D eigenvalue weighted by atomic mass is 10.3. The fourth-order valence-corrected chi connectivity index (χ4v) is 2.93. The molecule has 0 saturated heterocycles. The highest BCUT2D eigenvalue weighted by molar-refractivity contribution is 7.91. The third-order valence-electron chi connectivity index (χ3n) is 2.96. The first-order valence-corrected chi connectivity index (χ1v) is 8.04. The number of rotatable bonds is 5. The number of nitrogen functional groups attached to an aromatic ring is 1. The lowest BCUT2D eigenvalue weighted by Gasteiger charge is -2.09. The number of amides is 1. The minimum absolute atomic E-state index is 0.115. The molecule has 0 bridgehead atoms. The van der Waals surface area contributed by atoms with E-state index in [1.807, 2.05) is 0 Å². The first-order chi connectivity index (χ1) is 9.79. The van der Waals surface area contributed by atoms with Gasteiger partial charge in [0, 0.05) is 26.2 Å². The number of fused-ring (bicyclic) bond motifs is 1. The van der Waals surface area contributed by atoms with Crippen molar-refractivity contribution in [2.24, 2.45) is 0 Å². The maximum Gasteiger partial charge on any atom is 0.316 e. The number of benzene rings is 1. The number of hydrogen-bond acceptors (Lipinski definition) is 6. The van der Waals surface area contributed by atoms with E-state index in [2.05, 4.69) is 4.98 Å². The van der Waals surface area contributed by atoms with E-state index in [0.717, 1.165) is 0 Å². The number of oxazole rings is 1. The highest BCUT2D eigenvalue weighted by atomic mass is 32.2. The lowest BCUT2D eigenvalue weighted by molar-refractivity contribution is -0.128. The average molecular weight is 311 g/mol. The highest BCUT2D eigenvalue weighted by Crippen LogP contribution is 2.22. The van der Waals surface area contributed by atoms with E-state index in [1.54, 1.807) is 32.3 Å². The number of sulfone groups is 1. The molecule has 2 rings (SSSR count). The summed E-state index contributed by atoms with van der Waals surface area (Å²) in [6.45, 7) is 0. The molecule has 21 heavy (non-hydrogen) atoms. The van der Waals surface area contributed by atoms with Crippen LogP contribution in [0.4, 0.5) is 5.69 Å². The van der Waals surface area contributed by atoms with E-state index in [1.165, 1.54) is 4.90 Å². The summed E-state index contributed by atoms with van der Waals surface area (Å²) in [5.74, 6) is -0.301. The summed E-state index contributed by atoms with van der Waals surface area (Å²) in [5, 5.41) is -0.333. The standard InChI is InChI=1S/C13H17N3O4S/c1-16(2)12(17)4-3-7-21(18,19)13-15-10-8-9(14)5-6-11(10)20-13/h5-6,8H,3-4,7,14H2,1-2H3. The molecule has 2 N–H and O–H groups in total. The Morgan fingerprint density at radius 3 is 2.76 bits per heavy atom. The molecule has 0 aliphatic rings. The number of nitrogens with zero attached hydrogens (tertiary/aromatic N) is 2. The zero-order valence-corrected chi connectivity index (χ0v) is 12.7. The molecule has 1 aromatic heterocycles. The summed E-state index contributed by atoms with van der Waals surface area (Å²) < 4.78 is 29.5. The van der Waals surface area contributed by atoms with Crippen molar-refractivity contribution >= 4 is 32.5 Å². The zero-order chi connectivity index (χ0) is 15.6. The van der Waals surface area contributed by atoms with Gasteiger partial charge in [-0.15, -0.1) is 0 Å². The van der Waals surface area contributed by atoms with E-state index < -0.39 is 9.84 Å². The van der Waals surface area contributed by atoms with Gasteiger partial charge in [-0.05, 0) is 24.6 Å². The topological polar surface area (TPSA) is 106 Å². The van der Waals surface area contributed by atoms with Gasteiger partial charge in [0.25, 0.3) is 0 Å². The van der Waals surface area contributed by atoms with Crippen LogP contribution >= 0.6 is 0 Å². The predicted octanol–water partition coefficient (Wildman–Crippen LogP) is 1.05. The van der Waals surface area contributed by atoms with Gasteiger partial charge in [0.2, 0.25) is 15.7 Å². The van der Waals surface area contributed by atoms with Crippen molar-refractivity contribution in [2.75, 3.05) is 25.6 Å². The summed E-state index contributed by atoms with van der Waals surface area (Å²) in [6, 6.07) is 4.74. The number of carbonyl (C=O) groups excluding carboxylic acids is 1. The SMILES string of the molecule is CN(C)C(=O)CCCS(=O)(=O)c1nc2cc(N)ccc2o1. The maximum absolute atomic E-state index is 12.1. The van der Waals surface area contributed by atoms with Crippen molar-refractivity contribution in [1.29, 1.82) is 0 Å². The Morgan fingerprint density at radius 2 is 2.10 bits per heavy atom. The summed E-state index contributed by atoms with van der Waals surface area (Å²) in [7, 11) is -0.392. The molecular formula is C13H17N3O4S. The third kappa shape index (κ3) is 3.52. The van der Waals surface area contributed by atoms with E-state index in [4.69, 9.17) is 10.2 Å². The quantitative estimate of drug-likeness (QED) is 0.827. The van der Waals surface area contributed by atoms with Gasteiger partial charge in [-0.3, -0.25) is 4.79 Å². The molecule has 1 amide bonds. The van der Waals surface area contributed by atoms with Crippen LogP contribution in [0.2, 0.25) is 0 Å². The molecule has 0 saturated carbocycles. The molecule has 0 unspecified atom stereocenters. The summed E-state index contributed by atoms with van der Waals surface area (Å²) >= 11 is 0. The smallest absolute Gasteiger partial charge is 0.316 e. The largest absolute Gasteiger partial charge is 0.428 e. The van der Waals surface area contributed by atoms with Crippen molar-refractivity contribution < 1.29 is 17.6 Å². The molecule has 7 nitrogen and oxygen atoms in total. The fourth-order valence-electron chi connectivity index (χ4n) is 1.78. The second-order valence-corrected chi connectivity index (χ2v) is 6.90. The molecule has 0 spiro atoms. The third-order valence-corrected chi connectivity index (χ3v) is 4.49. The molecule has 114 valence electrons. The number of nitrogens with two attached hydrogens (primary N) is 1. The van der Waals surface area contributed by atoms with Crippen LogP contribution < -0.4 is 5.73 Å². The molecule has 8 heteroatoms. The number of aromatic nitrogens is 1. The first kappa shape index (κ1) is 15.3. The van der Waals surface area contributed by atoms with Gasteiger partial charge >= 0.3 is 5.22 Å². The van der Waals surface area contributed by atoms with Crippen molar-refractivity contribution in [2.45, 2.75) is 18.1 Å². The second-order valence-electron chi connectivity index (χ2n) is 4.92. The van der Waals surface area contributed by atoms with Crippen LogP contribution in [0.3, 0.4) is 0 Å². The van der Waals surface area contributed by atoms with Crippen LogP contribution in [-0.4, -0.2) is 44.1 Å². The Kier molecular flexibility index (Phi) is 4.17. The Morgan fingerprint density at radius 1 is 1.38 bits per heavy atom. The van der Waals surface area contributed by atoms with Crippen LogP contribution in [0, 0.1) is 0 Å². The Balaban J connectivity index is 2.12. The van der Waals surface area contributed by atoms with Gasteiger partial charge in [0.05, 0.1) is 5.75 Å². The van der Waals surface area contributed by atoms with Crippen LogP contribution in [0.1, 0.15) is 12.8 Å². The van der Waals surface area contributed by atoms with Crippen LogP contribution in [0.15, 0.2) is 27.8 Å². The number of hydrogen-bond donors (Lipinski definition) is 1. The maximum atomic E-state index is 12.1. The van der Waals surface area contributed by atoms with E-state index in [9.17, 15) is 13.2 Å². The van der Waals surface area contributed by atoms with E-state index in [-0.39, 0.29) is 29.7 Å². The normalized spacial score (nSPS) is 11.7. The van der Waals surface area contributed by atoms with Gasteiger partial charge in [0.15, 0.2) is 5.58 Å². The van der Waals surface area contributed by atoms with Crippen LogP contribution in [-0.2, 0) is 14.6 Å². The minimum atomic E-state index is -3.65. The van der Waals surface area contributed by atoms with Gasteiger partial charge in [0.1, 0.15) is 5.52 Å². The van der Waals surface area contributed by atoms with Crippen molar-refractivity contribution in [3.05, 3.63) is 18.2 Å². The lowest BCUT2D eigenvalue weighted by Crippen LogP contribution is -2.22. The molecular weight excluding hydrogens is 294 g/mol. The van der Waals surface area contributed by atoms with E-state index >= 15 is 0 Å². The van der Waals surface area contributed by atoms with Crippen molar-refractivity contribution in [3.8, 4) is 0 Å². The number of carbonyl (C=O) groups is 1.